The lowest BCUT2D eigenvalue weighted by atomic mass is 9.90. The molecule has 0 saturated carbocycles. The number of nitrogens with zero attached hydrogens (tertiary/aromatic N) is 1. The van der Waals surface area contributed by atoms with Gasteiger partial charge in [0, 0.05) is 0 Å². The molecule has 22 heavy (non-hydrogen) atoms. The Balaban J connectivity index is 2.24. The minimum atomic E-state index is 0.546. The number of hydrogen-bond donors (Lipinski definition) is 0. The number of hydrogen-bond acceptors (Lipinski definition) is 2. The molecule has 0 amide bonds. The van der Waals surface area contributed by atoms with Crippen molar-refractivity contribution in [2.75, 3.05) is 0 Å². The maximum Gasteiger partial charge on any atom is 0.130 e. The summed E-state index contributed by atoms with van der Waals surface area (Å²) in [7, 11) is 0. The van der Waals surface area contributed by atoms with Gasteiger partial charge in [-0.25, -0.2) is 0 Å². The Morgan fingerprint density at radius 2 is 1.59 bits per heavy atom. The summed E-state index contributed by atoms with van der Waals surface area (Å²) < 4.78 is 6.07. The van der Waals surface area contributed by atoms with Crippen LogP contribution in [0.3, 0.4) is 0 Å². The average Bonchev–Trinajstić information content (AvgIpc) is 2.56. The van der Waals surface area contributed by atoms with E-state index in [1.54, 1.807) is 12.1 Å². The van der Waals surface area contributed by atoms with Crippen molar-refractivity contribution in [2.24, 2.45) is 0 Å². The van der Waals surface area contributed by atoms with Crippen LogP contribution in [0.2, 0.25) is 0 Å². The molecule has 0 bridgehead atoms. The zero-order chi connectivity index (χ0) is 15.8. The number of ether oxygens (including phenoxy) is 1. The molecule has 0 saturated heterocycles. The van der Waals surface area contributed by atoms with Crippen LogP contribution in [-0.4, -0.2) is 0 Å². The number of benzene rings is 2. The molecule has 0 aliphatic carbocycles. The maximum absolute atomic E-state index is 8.86. The Hall–Kier alpha value is -2.27. The van der Waals surface area contributed by atoms with E-state index in [0.29, 0.717) is 11.5 Å². The largest absolute Gasteiger partial charge is 0.457 e. The van der Waals surface area contributed by atoms with Crippen molar-refractivity contribution in [1.82, 2.24) is 0 Å². The molecule has 0 aliphatic heterocycles. The van der Waals surface area contributed by atoms with Crippen LogP contribution >= 0.6 is 0 Å². The van der Waals surface area contributed by atoms with Gasteiger partial charge in [-0.15, -0.1) is 0 Å². The second-order valence-corrected chi connectivity index (χ2v) is 5.55. The Kier molecular flexibility index (Phi) is 6.03. The van der Waals surface area contributed by atoms with Crippen LogP contribution in [0.4, 0.5) is 0 Å². The van der Waals surface area contributed by atoms with Gasteiger partial charge in [0.2, 0.25) is 0 Å². The minimum Gasteiger partial charge on any atom is -0.457 e. The fraction of sp³-hybridized carbons (Fsp3) is 0.350. The highest BCUT2D eigenvalue weighted by Gasteiger charge is 2.15. The molecule has 2 nitrogen and oxygen atoms in total. The first-order chi connectivity index (χ1) is 10.8. The summed E-state index contributed by atoms with van der Waals surface area (Å²) in [5.74, 6) is 2.25. The Labute approximate surface area is 133 Å². The van der Waals surface area contributed by atoms with Crippen molar-refractivity contribution >= 4 is 0 Å². The predicted octanol–water partition coefficient (Wildman–Crippen LogP) is 6.03. The summed E-state index contributed by atoms with van der Waals surface area (Å²) in [6.45, 7) is 4.46. The number of rotatable bonds is 7. The van der Waals surface area contributed by atoms with Gasteiger partial charge in [0.05, 0.1) is 11.6 Å². The van der Waals surface area contributed by atoms with Crippen LogP contribution in [0.1, 0.15) is 56.6 Å². The van der Waals surface area contributed by atoms with Crippen LogP contribution < -0.4 is 4.74 Å². The van der Waals surface area contributed by atoms with E-state index < -0.39 is 0 Å². The standard InChI is InChI=1S/C20H23NO/c1-3-7-17(8-4-2)19-9-5-6-10-20(19)22-18-13-11-16(15-21)12-14-18/h5-6,9-14,17H,3-4,7-8H2,1-2H3. The monoisotopic (exact) mass is 293 g/mol. The summed E-state index contributed by atoms with van der Waals surface area (Å²) in [5.41, 5.74) is 1.94. The minimum absolute atomic E-state index is 0.546. The fourth-order valence-electron chi connectivity index (χ4n) is 2.79. The molecule has 0 aliphatic rings. The van der Waals surface area contributed by atoms with E-state index in [1.807, 2.05) is 24.3 Å². The van der Waals surface area contributed by atoms with Crippen molar-refractivity contribution in [2.45, 2.75) is 45.4 Å². The summed E-state index contributed by atoms with van der Waals surface area (Å²) in [4.78, 5) is 0. The lowest BCUT2D eigenvalue weighted by Crippen LogP contribution is -2.01. The third kappa shape index (κ3) is 4.11. The van der Waals surface area contributed by atoms with Crippen molar-refractivity contribution in [1.29, 1.82) is 5.26 Å². The molecule has 0 spiro atoms. The van der Waals surface area contributed by atoms with Gasteiger partial charge in [-0.1, -0.05) is 44.9 Å². The van der Waals surface area contributed by atoms with Crippen LogP contribution in [0, 0.1) is 11.3 Å². The van der Waals surface area contributed by atoms with Crippen LogP contribution in [-0.2, 0) is 0 Å². The Morgan fingerprint density at radius 3 is 2.18 bits per heavy atom. The van der Waals surface area contributed by atoms with Gasteiger partial charge < -0.3 is 4.74 Å². The molecule has 2 heteroatoms. The SMILES string of the molecule is CCCC(CCC)c1ccccc1Oc1ccc(C#N)cc1. The summed E-state index contributed by atoms with van der Waals surface area (Å²) >= 11 is 0. The molecule has 114 valence electrons. The third-order valence-electron chi connectivity index (χ3n) is 3.84. The lowest BCUT2D eigenvalue weighted by molar-refractivity contribution is 0.459. The summed E-state index contributed by atoms with van der Waals surface area (Å²) in [5, 5.41) is 8.86. The van der Waals surface area contributed by atoms with E-state index in [9.17, 15) is 0 Å². The van der Waals surface area contributed by atoms with Gasteiger partial charge >= 0.3 is 0 Å². The molecule has 2 aromatic carbocycles. The zero-order valence-electron chi connectivity index (χ0n) is 13.4. The highest BCUT2D eigenvalue weighted by atomic mass is 16.5. The van der Waals surface area contributed by atoms with Crippen molar-refractivity contribution in [3.63, 3.8) is 0 Å². The second kappa shape index (κ2) is 8.24. The third-order valence-corrected chi connectivity index (χ3v) is 3.84. The van der Waals surface area contributed by atoms with Crippen molar-refractivity contribution < 1.29 is 4.74 Å². The van der Waals surface area contributed by atoms with Gasteiger partial charge in [-0.05, 0) is 54.7 Å². The quantitative estimate of drug-likeness (QED) is 0.624. The Morgan fingerprint density at radius 1 is 0.955 bits per heavy atom. The molecule has 0 aromatic heterocycles. The molecular formula is C20H23NO. The average molecular weight is 293 g/mol. The smallest absolute Gasteiger partial charge is 0.130 e. The maximum atomic E-state index is 8.86. The molecule has 0 unspecified atom stereocenters. The van der Waals surface area contributed by atoms with Gasteiger partial charge in [-0.2, -0.15) is 5.26 Å². The molecule has 0 N–H and O–H groups in total. The lowest BCUT2D eigenvalue weighted by Gasteiger charge is -2.19. The van der Waals surface area contributed by atoms with Crippen molar-refractivity contribution in [3.8, 4) is 17.6 Å². The van der Waals surface area contributed by atoms with E-state index in [0.717, 1.165) is 11.5 Å². The summed E-state index contributed by atoms with van der Waals surface area (Å²) in [6, 6.07) is 17.7. The van der Waals surface area contributed by atoms with Gasteiger partial charge in [0.1, 0.15) is 11.5 Å². The highest BCUT2D eigenvalue weighted by molar-refractivity contribution is 5.41. The number of para-hydroxylation sites is 1. The number of nitriles is 1. The first-order valence-corrected chi connectivity index (χ1v) is 8.05. The molecule has 0 heterocycles. The van der Waals surface area contributed by atoms with Gasteiger partial charge in [0.25, 0.3) is 0 Å². The molecular weight excluding hydrogens is 270 g/mol. The van der Waals surface area contributed by atoms with Crippen LogP contribution in [0.25, 0.3) is 0 Å². The van der Waals surface area contributed by atoms with E-state index >= 15 is 0 Å². The van der Waals surface area contributed by atoms with Gasteiger partial charge in [0.15, 0.2) is 0 Å². The first kappa shape index (κ1) is 16.1. The van der Waals surface area contributed by atoms with E-state index in [1.165, 1.54) is 31.2 Å². The molecule has 2 aromatic rings. The van der Waals surface area contributed by atoms with E-state index in [4.69, 9.17) is 10.00 Å². The molecule has 0 fully saturated rings. The van der Waals surface area contributed by atoms with Gasteiger partial charge in [-0.3, -0.25) is 0 Å². The Bertz CT molecular complexity index is 619. The summed E-state index contributed by atoms with van der Waals surface area (Å²) in [6.07, 6.45) is 4.72. The molecule has 0 atom stereocenters. The zero-order valence-corrected chi connectivity index (χ0v) is 13.4. The topological polar surface area (TPSA) is 33.0 Å². The predicted molar refractivity (Wildman–Crippen MR) is 90.2 cm³/mol. The fourth-order valence-corrected chi connectivity index (χ4v) is 2.79. The van der Waals surface area contributed by atoms with Crippen LogP contribution in [0.15, 0.2) is 48.5 Å². The normalized spacial score (nSPS) is 10.5. The first-order valence-electron chi connectivity index (χ1n) is 8.05. The molecule has 0 radical (unpaired) electrons. The second-order valence-electron chi connectivity index (χ2n) is 5.55. The van der Waals surface area contributed by atoms with E-state index in [-0.39, 0.29) is 0 Å². The van der Waals surface area contributed by atoms with Crippen LogP contribution in [0.5, 0.6) is 11.5 Å². The van der Waals surface area contributed by atoms with E-state index in [2.05, 4.69) is 32.0 Å². The molecule has 2 rings (SSSR count). The van der Waals surface area contributed by atoms with Crippen molar-refractivity contribution in [3.05, 3.63) is 59.7 Å². The highest BCUT2D eigenvalue weighted by Crippen LogP contribution is 2.35.